The number of para-hydroxylation sites is 2. The third kappa shape index (κ3) is 3.59. The van der Waals surface area contributed by atoms with E-state index >= 15 is 0 Å². The van der Waals surface area contributed by atoms with Crippen molar-refractivity contribution in [3.8, 4) is 40.2 Å². The van der Waals surface area contributed by atoms with Gasteiger partial charge in [0.1, 0.15) is 11.5 Å². The maximum Gasteiger partial charge on any atom is 0.238 e. The first-order chi connectivity index (χ1) is 20.1. The van der Waals surface area contributed by atoms with Gasteiger partial charge in [-0.1, -0.05) is 117 Å². The number of hydrogen-bond acceptors (Lipinski definition) is 4. The van der Waals surface area contributed by atoms with Gasteiger partial charge in [0.05, 0.1) is 16.4 Å². The van der Waals surface area contributed by atoms with E-state index in [9.17, 15) is 0 Å². The van der Waals surface area contributed by atoms with Crippen molar-refractivity contribution < 1.29 is 4.74 Å². The van der Waals surface area contributed by atoms with Gasteiger partial charge < -0.3 is 4.74 Å². The van der Waals surface area contributed by atoms with Gasteiger partial charge in [0.25, 0.3) is 0 Å². The molecule has 5 heteroatoms. The Balaban J connectivity index is 1.44. The monoisotopic (exact) mass is 530 g/mol. The molecular weight excluding hydrogens is 504 g/mol. The van der Waals surface area contributed by atoms with Crippen molar-refractivity contribution in [1.29, 1.82) is 0 Å². The molecule has 1 aliphatic heterocycles. The molecule has 0 fully saturated rings. The minimum atomic E-state index is -0.213. The molecule has 0 radical (unpaired) electrons. The van der Waals surface area contributed by atoms with Gasteiger partial charge in [-0.15, -0.1) is 0 Å². The first kappa shape index (κ1) is 23.6. The second-order valence-corrected chi connectivity index (χ2v) is 10.9. The van der Waals surface area contributed by atoms with Crippen LogP contribution in [0.15, 0.2) is 121 Å². The van der Waals surface area contributed by atoms with Crippen LogP contribution in [0.2, 0.25) is 0 Å². The summed E-state index contributed by atoms with van der Waals surface area (Å²) in [7, 11) is 0. The van der Waals surface area contributed by atoms with Gasteiger partial charge in [-0.05, 0) is 18.2 Å². The lowest BCUT2D eigenvalue weighted by Crippen LogP contribution is -2.24. The molecule has 1 aliphatic rings. The molecule has 196 valence electrons. The summed E-state index contributed by atoms with van der Waals surface area (Å²) in [5.74, 6) is 3.61. The van der Waals surface area contributed by atoms with E-state index < -0.39 is 0 Å². The van der Waals surface area contributed by atoms with Crippen LogP contribution in [0, 0.1) is 0 Å². The van der Waals surface area contributed by atoms with Crippen LogP contribution in [-0.2, 0) is 5.41 Å². The molecule has 0 saturated carbocycles. The topological polar surface area (TPSA) is 52.8 Å². The summed E-state index contributed by atoms with van der Waals surface area (Å²) in [4.78, 5) is 15.0. The third-order valence-electron chi connectivity index (χ3n) is 8.12. The lowest BCUT2D eigenvalue weighted by molar-refractivity contribution is 0.423. The minimum Gasteiger partial charge on any atom is -0.456 e. The lowest BCUT2D eigenvalue weighted by Gasteiger charge is -2.34. The van der Waals surface area contributed by atoms with Gasteiger partial charge in [0.15, 0.2) is 11.6 Å². The molecule has 0 aliphatic carbocycles. The lowest BCUT2D eigenvalue weighted by atomic mass is 9.75. The maximum atomic E-state index is 6.70. The highest BCUT2D eigenvalue weighted by Crippen LogP contribution is 2.52. The Bertz CT molecular complexity index is 2040. The fourth-order valence-electron chi connectivity index (χ4n) is 6.07. The normalized spacial score (nSPS) is 13.5. The van der Waals surface area contributed by atoms with E-state index in [0.29, 0.717) is 17.6 Å². The van der Waals surface area contributed by atoms with Gasteiger partial charge in [0, 0.05) is 33.1 Å². The van der Waals surface area contributed by atoms with E-state index in [1.54, 1.807) is 0 Å². The first-order valence-corrected chi connectivity index (χ1v) is 13.8. The molecule has 0 bridgehead atoms. The predicted molar refractivity (Wildman–Crippen MR) is 164 cm³/mol. The Labute approximate surface area is 237 Å². The van der Waals surface area contributed by atoms with Crippen LogP contribution in [0.4, 0.5) is 0 Å². The van der Waals surface area contributed by atoms with Crippen molar-refractivity contribution in [2.45, 2.75) is 19.3 Å². The summed E-state index contributed by atoms with van der Waals surface area (Å²) in [6.45, 7) is 4.53. The van der Waals surface area contributed by atoms with Crippen molar-refractivity contribution in [3.63, 3.8) is 0 Å². The van der Waals surface area contributed by atoms with Gasteiger partial charge in [-0.2, -0.15) is 9.97 Å². The fourth-order valence-corrected chi connectivity index (χ4v) is 6.07. The van der Waals surface area contributed by atoms with Crippen molar-refractivity contribution >= 4 is 21.8 Å². The number of hydrogen-bond donors (Lipinski definition) is 0. The van der Waals surface area contributed by atoms with Crippen LogP contribution in [0.25, 0.3) is 50.5 Å². The molecule has 5 aromatic carbocycles. The highest BCUT2D eigenvalue weighted by molar-refractivity contribution is 6.13. The fraction of sp³-hybridized carbons (Fsp3) is 0.0833. The molecule has 41 heavy (non-hydrogen) atoms. The van der Waals surface area contributed by atoms with Crippen molar-refractivity contribution in [2.75, 3.05) is 0 Å². The Hall–Kier alpha value is -5.29. The molecule has 0 saturated heterocycles. The molecule has 0 amide bonds. The Morgan fingerprint density at radius 1 is 0.561 bits per heavy atom. The number of benzene rings is 5. The van der Waals surface area contributed by atoms with Gasteiger partial charge >= 0.3 is 0 Å². The first-order valence-electron chi connectivity index (χ1n) is 13.8. The standard InChI is InChI=1S/C36H26N4O/c1-36(2)26-18-10-12-20-30(26)41-32-27(36)21-22-29-31(32)25-17-9-11-19-28(25)40(29)35-38-33(23-13-5-3-6-14-23)37-34(39-35)24-15-7-4-8-16-24/h3-22H,1-2H3. The van der Waals surface area contributed by atoms with Gasteiger partial charge in [-0.25, -0.2) is 4.98 Å². The molecule has 0 spiro atoms. The van der Waals surface area contributed by atoms with Crippen LogP contribution >= 0.6 is 0 Å². The number of fused-ring (bicyclic) bond motifs is 6. The van der Waals surface area contributed by atoms with Crippen LogP contribution in [0.3, 0.4) is 0 Å². The molecule has 2 aromatic heterocycles. The summed E-state index contributed by atoms with van der Waals surface area (Å²) >= 11 is 0. The molecule has 7 aromatic rings. The molecular formula is C36H26N4O. The van der Waals surface area contributed by atoms with Crippen molar-refractivity contribution in [3.05, 3.63) is 132 Å². The largest absolute Gasteiger partial charge is 0.456 e. The smallest absolute Gasteiger partial charge is 0.238 e. The molecule has 3 heterocycles. The quantitative estimate of drug-likeness (QED) is 0.229. The predicted octanol–water partition coefficient (Wildman–Crippen LogP) is 8.73. The third-order valence-corrected chi connectivity index (χ3v) is 8.12. The maximum absolute atomic E-state index is 6.70. The van der Waals surface area contributed by atoms with E-state index in [1.807, 2.05) is 66.7 Å². The zero-order chi connectivity index (χ0) is 27.6. The van der Waals surface area contributed by atoms with Crippen molar-refractivity contribution in [2.24, 2.45) is 0 Å². The SMILES string of the molecule is CC1(C)c2ccccc2Oc2c1ccc1c2c2ccccc2n1-c1nc(-c2ccccc2)nc(-c2ccccc2)n1. The Morgan fingerprint density at radius 3 is 1.88 bits per heavy atom. The van der Waals surface area contributed by atoms with Crippen LogP contribution in [0.5, 0.6) is 11.5 Å². The van der Waals surface area contributed by atoms with E-state index in [4.69, 9.17) is 19.7 Å². The average molecular weight is 531 g/mol. The van der Waals surface area contributed by atoms with Crippen LogP contribution < -0.4 is 4.74 Å². The minimum absolute atomic E-state index is 0.213. The zero-order valence-corrected chi connectivity index (χ0v) is 22.7. The van der Waals surface area contributed by atoms with E-state index in [1.165, 1.54) is 5.56 Å². The second kappa shape index (κ2) is 8.86. The van der Waals surface area contributed by atoms with E-state index in [0.717, 1.165) is 50.0 Å². The summed E-state index contributed by atoms with van der Waals surface area (Å²) in [6, 6.07) is 41.3. The molecule has 5 nitrogen and oxygen atoms in total. The number of ether oxygens (including phenoxy) is 1. The number of nitrogens with zero attached hydrogens (tertiary/aromatic N) is 4. The van der Waals surface area contributed by atoms with Gasteiger partial charge in [-0.3, -0.25) is 4.57 Å². The Kier molecular flexibility index (Phi) is 5.10. The number of rotatable bonds is 3. The summed E-state index contributed by atoms with van der Waals surface area (Å²) in [5, 5.41) is 2.15. The summed E-state index contributed by atoms with van der Waals surface area (Å²) < 4.78 is 8.84. The average Bonchev–Trinajstić information content (AvgIpc) is 3.37. The molecule has 0 unspecified atom stereocenters. The molecule has 0 N–H and O–H groups in total. The van der Waals surface area contributed by atoms with Crippen LogP contribution in [0.1, 0.15) is 25.0 Å². The van der Waals surface area contributed by atoms with E-state index in [2.05, 4.69) is 73.0 Å². The van der Waals surface area contributed by atoms with Crippen LogP contribution in [-0.4, -0.2) is 19.5 Å². The van der Waals surface area contributed by atoms with Gasteiger partial charge in [0.2, 0.25) is 5.95 Å². The Morgan fingerprint density at radius 2 is 1.17 bits per heavy atom. The second-order valence-electron chi connectivity index (χ2n) is 10.9. The molecule has 0 atom stereocenters. The highest BCUT2D eigenvalue weighted by Gasteiger charge is 2.36. The number of aromatic nitrogens is 4. The summed E-state index contributed by atoms with van der Waals surface area (Å²) in [5.41, 5.74) is 6.02. The van der Waals surface area contributed by atoms with Crippen molar-refractivity contribution in [1.82, 2.24) is 19.5 Å². The molecule has 8 rings (SSSR count). The summed E-state index contributed by atoms with van der Waals surface area (Å²) in [6.07, 6.45) is 0. The highest BCUT2D eigenvalue weighted by atomic mass is 16.5. The van der Waals surface area contributed by atoms with E-state index in [-0.39, 0.29) is 5.41 Å². The zero-order valence-electron chi connectivity index (χ0n) is 22.7.